The fourth-order valence-electron chi connectivity index (χ4n) is 6.52. The van der Waals surface area contributed by atoms with Crippen molar-refractivity contribution in [3.05, 3.63) is 0 Å². The average molecular weight is 885 g/mol. The van der Waals surface area contributed by atoms with Crippen LogP contribution in [0.25, 0.3) is 0 Å². The molecule has 20 nitrogen and oxygen atoms in total. The van der Waals surface area contributed by atoms with E-state index >= 15 is 0 Å². The van der Waals surface area contributed by atoms with Crippen LogP contribution in [0, 0.1) is 23.7 Å². The lowest BCUT2D eigenvalue weighted by Gasteiger charge is -2.32. The van der Waals surface area contributed by atoms with E-state index in [0.29, 0.717) is 6.42 Å². The summed E-state index contributed by atoms with van der Waals surface area (Å²) in [4.78, 5) is 107. The first-order chi connectivity index (χ1) is 28.7. The number of aliphatic hydroxyl groups excluding tert-OH is 2. The first-order valence-electron chi connectivity index (χ1n) is 21.7. The Labute approximate surface area is 366 Å². The normalized spacial score (nSPS) is 25.2. The summed E-state index contributed by atoms with van der Waals surface area (Å²) in [5.41, 5.74) is 3.88. The zero-order valence-corrected chi connectivity index (χ0v) is 38.6. The highest BCUT2D eigenvalue weighted by molar-refractivity contribution is 5.98. The second-order valence-electron chi connectivity index (χ2n) is 18.4. The van der Waals surface area contributed by atoms with E-state index in [1.165, 1.54) is 20.8 Å². The number of ether oxygens (including phenoxy) is 2. The molecule has 1 rings (SSSR count). The smallest absolute Gasteiger partial charge is 0.245 e. The highest BCUT2D eigenvalue weighted by atomic mass is 16.5. The molecule has 1 heterocycles. The van der Waals surface area contributed by atoms with Gasteiger partial charge < -0.3 is 62.6 Å². The Morgan fingerprint density at radius 2 is 1.16 bits per heavy atom. The lowest BCUT2D eigenvalue weighted by atomic mass is 9.97. The first-order valence-corrected chi connectivity index (χ1v) is 21.7. The number of primary amides is 1. The third-order valence-electron chi connectivity index (χ3n) is 9.83. The van der Waals surface area contributed by atoms with Gasteiger partial charge in [0.25, 0.3) is 0 Å². The number of carbonyl (C=O) groups excluding carboxylic acids is 8. The minimum Gasteiger partial charge on any atom is -0.388 e. The monoisotopic (exact) mass is 885 g/mol. The zero-order valence-electron chi connectivity index (χ0n) is 38.6. The molecule has 3 unspecified atom stereocenters. The van der Waals surface area contributed by atoms with Crippen LogP contribution in [0.2, 0.25) is 0 Å². The Hall–Kier alpha value is -4.40. The second kappa shape index (κ2) is 26.9. The summed E-state index contributed by atoms with van der Waals surface area (Å²) < 4.78 is 11.1. The van der Waals surface area contributed by atoms with Gasteiger partial charge in [0.2, 0.25) is 47.3 Å². The summed E-state index contributed by atoms with van der Waals surface area (Å²) in [7, 11) is 0. The van der Waals surface area contributed by atoms with Crippen molar-refractivity contribution in [2.24, 2.45) is 29.4 Å². The van der Waals surface area contributed by atoms with Crippen LogP contribution in [0.1, 0.15) is 115 Å². The van der Waals surface area contributed by atoms with Crippen LogP contribution in [0.5, 0.6) is 0 Å². The molecule has 1 aliphatic rings. The number of nitrogens with two attached hydrogens (primary N) is 1. The van der Waals surface area contributed by atoms with Crippen LogP contribution in [0.15, 0.2) is 0 Å². The Morgan fingerprint density at radius 3 is 1.63 bits per heavy atom. The molecule has 11 N–H and O–H groups in total. The molecule has 8 amide bonds. The minimum atomic E-state index is -1.69. The van der Waals surface area contributed by atoms with Crippen molar-refractivity contribution in [1.29, 1.82) is 0 Å². The second-order valence-corrected chi connectivity index (χ2v) is 18.4. The van der Waals surface area contributed by atoms with Crippen molar-refractivity contribution in [3.63, 3.8) is 0 Å². The summed E-state index contributed by atoms with van der Waals surface area (Å²) in [6, 6.07) is -6.92. The average Bonchev–Trinajstić information content (AvgIpc) is 3.13. The van der Waals surface area contributed by atoms with Gasteiger partial charge in [0, 0.05) is 20.1 Å². The fourth-order valence-corrected chi connectivity index (χ4v) is 6.52. The molecule has 1 fully saturated rings. The summed E-state index contributed by atoms with van der Waals surface area (Å²) in [6.07, 6.45) is -2.40. The Bertz CT molecular complexity index is 1510. The molecule has 0 aromatic heterocycles. The van der Waals surface area contributed by atoms with Crippen LogP contribution in [-0.4, -0.2) is 138 Å². The van der Waals surface area contributed by atoms with Gasteiger partial charge in [-0.05, 0) is 76.0 Å². The van der Waals surface area contributed by atoms with Gasteiger partial charge in [0.05, 0.1) is 13.2 Å². The van der Waals surface area contributed by atoms with Crippen molar-refractivity contribution in [2.45, 2.75) is 169 Å². The maximum atomic E-state index is 14.0. The van der Waals surface area contributed by atoms with Gasteiger partial charge in [-0.25, -0.2) is 0 Å². The van der Waals surface area contributed by atoms with Gasteiger partial charge in [0.15, 0.2) is 0 Å². The third-order valence-corrected chi connectivity index (χ3v) is 9.83. The number of nitrogens with one attached hydrogen (secondary N) is 7. The van der Waals surface area contributed by atoms with Crippen molar-refractivity contribution in [2.75, 3.05) is 26.4 Å². The van der Waals surface area contributed by atoms with Crippen LogP contribution in [0.4, 0.5) is 0 Å². The number of aliphatic hydroxyl groups is 2. The van der Waals surface area contributed by atoms with Crippen molar-refractivity contribution < 1.29 is 58.0 Å². The highest BCUT2D eigenvalue weighted by Crippen LogP contribution is 2.14. The largest absolute Gasteiger partial charge is 0.388 e. The van der Waals surface area contributed by atoms with Gasteiger partial charge in [-0.1, -0.05) is 55.4 Å². The van der Waals surface area contributed by atoms with Crippen LogP contribution < -0.4 is 43.0 Å². The Morgan fingerprint density at radius 1 is 0.694 bits per heavy atom. The molecule has 1 saturated heterocycles. The third kappa shape index (κ3) is 21.1. The number of rotatable bonds is 14. The number of hydrogen-bond donors (Lipinski definition) is 10. The molecule has 0 aliphatic carbocycles. The molecule has 20 heteroatoms. The number of carbonyl (C=O) groups is 8. The lowest BCUT2D eigenvalue weighted by Crippen LogP contribution is -2.63. The SMILES string of the molecule is CC(=O)N[C@@H](CC(C)C)C(=O)N[C@@H](CC(C)C)C(=O)NC1CCOCC(O)C(O)COCC[C@@H](C(N)=O)NC(=O)[C@H](CC(C)C)NC(=O)[C@H](CC(C)C)NC(=O)C(C)(C)NC1=O. The van der Waals surface area contributed by atoms with Crippen molar-refractivity contribution in [3.8, 4) is 0 Å². The predicted molar refractivity (Wildman–Crippen MR) is 229 cm³/mol. The molecule has 8 atom stereocenters. The summed E-state index contributed by atoms with van der Waals surface area (Å²) in [6.45, 7) is 17.7. The minimum absolute atomic E-state index is 0.0283. The van der Waals surface area contributed by atoms with Crippen LogP contribution in [0.3, 0.4) is 0 Å². The molecule has 0 bridgehead atoms. The van der Waals surface area contributed by atoms with E-state index in [0.717, 1.165) is 0 Å². The predicted octanol–water partition coefficient (Wildman–Crippen LogP) is -0.972. The maximum absolute atomic E-state index is 14.0. The van der Waals surface area contributed by atoms with Crippen LogP contribution in [-0.2, 0) is 47.8 Å². The standard InChI is InChI=1S/C42H76N8O12/c1-22(2)16-29(44-26(9)51)36(55)47-31(18-24(5)6)38(57)46-28-13-15-62-21-34(53)33(52)20-61-14-12-27(35(43)54)45-37(56)30(17-23(3)4)48-39(58)32(19-25(7)8)49-41(60)42(10,11)50-40(28)59/h22-25,27-34,52-53H,12-21H2,1-11H3,(H2,43,54)(H,44,51)(H,45,56)(H,46,57)(H,47,55)(H,48,58)(H,49,60)(H,50,59)/t27-,28?,29-,30-,31-,32-,33?,34?/m0/s1. The molecule has 356 valence electrons. The number of hydrogen-bond acceptors (Lipinski definition) is 12. The van der Waals surface area contributed by atoms with E-state index < -0.39 is 108 Å². The maximum Gasteiger partial charge on any atom is 0.245 e. The van der Waals surface area contributed by atoms with Crippen molar-refractivity contribution in [1.82, 2.24) is 37.2 Å². The van der Waals surface area contributed by atoms with Gasteiger partial charge in [-0.2, -0.15) is 0 Å². The van der Waals surface area contributed by atoms with E-state index in [9.17, 15) is 48.6 Å². The number of amides is 8. The summed E-state index contributed by atoms with van der Waals surface area (Å²) >= 11 is 0. The van der Waals surface area contributed by atoms with E-state index in [4.69, 9.17) is 15.2 Å². The molecule has 0 aromatic carbocycles. The Kier molecular flexibility index (Phi) is 24.2. The van der Waals surface area contributed by atoms with E-state index in [1.807, 2.05) is 55.4 Å². The summed E-state index contributed by atoms with van der Waals surface area (Å²) in [5.74, 6) is -5.84. The molecule has 62 heavy (non-hydrogen) atoms. The zero-order chi connectivity index (χ0) is 47.5. The quantitative estimate of drug-likeness (QED) is 0.101. The summed E-state index contributed by atoms with van der Waals surface area (Å²) in [5, 5.41) is 39.7. The van der Waals surface area contributed by atoms with Crippen LogP contribution >= 0.6 is 0 Å². The lowest BCUT2D eigenvalue weighted by molar-refractivity contribution is -0.138. The highest BCUT2D eigenvalue weighted by Gasteiger charge is 2.38. The van der Waals surface area contributed by atoms with E-state index in [1.54, 1.807) is 0 Å². The molecular formula is C42H76N8O12. The van der Waals surface area contributed by atoms with Gasteiger partial charge in [-0.15, -0.1) is 0 Å². The van der Waals surface area contributed by atoms with Gasteiger partial charge in [-0.3, -0.25) is 38.4 Å². The molecular weight excluding hydrogens is 809 g/mol. The Balaban J connectivity index is 3.59. The molecule has 0 spiro atoms. The van der Waals surface area contributed by atoms with Gasteiger partial charge in [0.1, 0.15) is 54.0 Å². The van der Waals surface area contributed by atoms with E-state index in [-0.39, 0.29) is 75.6 Å². The first kappa shape index (κ1) is 55.6. The molecule has 0 aromatic rings. The topological polar surface area (TPSA) is 306 Å². The molecule has 0 radical (unpaired) electrons. The van der Waals surface area contributed by atoms with Gasteiger partial charge >= 0.3 is 0 Å². The fraction of sp³-hybridized carbons (Fsp3) is 0.810. The molecule has 1 aliphatic heterocycles. The van der Waals surface area contributed by atoms with E-state index in [2.05, 4.69) is 37.2 Å². The van der Waals surface area contributed by atoms with Crippen molar-refractivity contribution >= 4 is 47.3 Å². The molecule has 0 saturated carbocycles.